The molecule has 0 amide bonds. The van der Waals surface area contributed by atoms with Crippen molar-refractivity contribution in [2.45, 2.75) is 79.1 Å². The molecule has 0 spiro atoms. The van der Waals surface area contributed by atoms with Crippen molar-refractivity contribution in [3.05, 3.63) is 58.2 Å². The maximum Gasteiger partial charge on any atom is 0.128 e. The number of benzene rings is 1. The van der Waals surface area contributed by atoms with E-state index < -0.39 is 0 Å². The van der Waals surface area contributed by atoms with Gasteiger partial charge in [0.2, 0.25) is 0 Å². The molecule has 166 valence electrons. The van der Waals surface area contributed by atoms with Crippen molar-refractivity contribution in [3.63, 3.8) is 0 Å². The lowest BCUT2D eigenvalue weighted by Crippen LogP contribution is -2.29. The van der Waals surface area contributed by atoms with E-state index in [0.29, 0.717) is 17.0 Å². The van der Waals surface area contributed by atoms with Crippen molar-refractivity contribution in [3.8, 4) is 23.8 Å². The number of hydrogen-bond acceptors (Lipinski definition) is 2. The number of terminal acetylenes is 1. The lowest BCUT2D eigenvalue weighted by Gasteiger charge is -2.40. The van der Waals surface area contributed by atoms with Gasteiger partial charge in [-0.15, -0.1) is 6.42 Å². The number of hydrogen-bond donors (Lipinski definition) is 2. The molecule has 2 N–H and O–H groups in total. The molecule has 31 heavy (non-hydrogen) atoms. The van der Waals surface area contributed by atoms with Gasteiger partial charge in [-0.05, 0) is 69.8 Å². The lowest BCUT2D eigenvalue weighted by atomic mass is 9.64. The van der Waals surface area contributed by atoms with Crippen molar-refractivity contribution in [1.29, 1.82) is 0 Å². The van der Waals surface area contributed by atoms with Crippen LogP contribution in [0.1, 0.15) is 95.8 Å². The Morgan fingerprint density at radius 2 is 1.61 bits per heavy atom. The number of aromatic hydroxyl groups is 2. The molecule has 3 rings (SSSR count). The molecule has 0 radical (unpaired) electrons. The molecule has 0 saturated heterocycles. The molecule has 4 unspecified atom stereocenters. The maximum absolute atomic E-state index is 11.7. The zero-order valence-corrected chi connectivity index (χ0v) is 20.0. The van der Waals surface area contributed by atoms with Crippen molar-refractivity contribution in [2.24, 2.45) is 17.3 Å². The monoisotopic (exact) mass is 418 g/mol. The summed E-state index contributed by atoms with van der Waals surface area (Å²) >= 11 is 0. The van der Waals surface area contributed by atoms with Crippen LogP contribution in [0, 0.1) is 29.6 Å². The third-order valence-electron chi connectivity index (χ3n) is 7.42. The molecule has 2 nitrogen and oxygen atoms in total. The Balaban J connectivity index is 2.27. The van der Waals surface area contributed by atoms with E-state index in [1.165, 1.54) is 11.1 Å². The molecule has 2 aliphatic carbocycles. The van der Waals surface area contributed by atoms with E-state index in [1.807, 2.05) is 6.92 Å². The van der Waals surface area contributed by atoms with Gasteiger partial charge in [0.1, 0.15) is 11.5 Å². The van der Waals surface area contributed by atoms with Gasteiger partial charge >= 0.3 is 0 Å². The summed E-state index contributed by atoms with van der Waals surface area (Å²) in [4.78, 5) is 0. The first-order valence-corrected chi connectivity index (χ1v) is 11.5. The minimum Gasteiger partial charge on any atom is -0.507 e. The smallest absolute Gasteiger partial charge is 0.128 e. The van der Waals surface area contributed by atoms with Crippen LogP contribution in [0.5, 0.6) is 11.5 Å². The van der Waals surface area contributed by atoms with Gasteiger partial charge in [-0.2, -0.15) is 0 Å². The molecular weight excluding hydrogens is 380 g/mol. The Bertz CT molecular complexity index is 977. The first kappa shape index (κ1) is 23.3. The zero-order valence-electron chi connectivity index (χ0n) is 20.0. The summed E-state index contributed by atoms with van der Waals surface area (Å²) < 4.78 is 0. The topological polar surface area (TPSA) is 40.5 Å². The standard InChI is InChI=1S/C29H38O2/c1-9-20-16-25(30)27(22-14-18(4)10-12-21(22)17(2)3)28(31)26(20)23-15-19(5)11-13-24(23)29(6,7)8/h1,14-16,21-24,30-31H,2,10-13H2,3-8H3. The second-order valence-electron chi connectivity index (χ2n) is 10.8. The third kappa shape index (κ3) is 4.47. The molecule has 0 bridgehead atoms. The zero-order chi connectivity index (χ0) is 23.1. The highest BCUT2D eigenvalue weighted by Gasteiger charge is 2.39. The van der Waals surface area contributed by atoms with E-state index in [4.69, 9.17) is 6.42 Å². The molecule has 1 aromatic carbocycles. The SMILES string of the molecule is C#Cc1cc(O)c(C2C=C(C)CCC2C(=C)C)c(O)c1C1C=C(C)CCC1C(C)(C)C. The van der Waals surface area contributed by atoms with Crippen LogP contribution < -0.4 is 0 Å². The van der Waals surface area contributed by atoms with Gasteiger partial charge in [0, 0.05) is 28.5 Å². The molecule has 2 heteroatoms. The molecule has 0 saturated carbocycles. The van der Waals surface area contributed by atoms with Gasteiger partial charge < -0.3 is 10.2 Å². The van der Waals surface area contributed by atoms with E-state index in [2.05, 4.69) is 59.3 Å². The Hall–Kier alpha value is -2.40. The Morgan fingerprint density at radius 3 is 2.16 bits per heavy atom. The van der Waals surface area contributed by atoms with Crippen LogP contribution in [0.3, 0.4) is 0 Å². The van der Waals surface area contributed by atoms with Crippen molar-refractivity contribution in [2.75, 3.05) is 0 Å². The Morgan fingerprint density at radius 1 is 1.03 bits per heavy atom. The van der Waals surface area contributed by atoms with E-state index in [0.717, 1.165) is 36.8 Å². The van der Waals surface area contributed by atoms with Crippen LogP contribution in [0.4, 0.5) is 0 Å². The van der Waals surface area contributed by atoms with Gasteiger partial charge in [-0.3, -0.25) is 0 Å². The molecule has 4 atom stereocenters. The molecule has 0 aliphatic heterocycles. The van der Waals surface area contributed by atoms with Crippen molar-refractivity contribution in [1.82, 2.24) is 0 Å². The number of phenolic OH excluding ortho intramolecular Hbond substituents is 2. The van der Waals surface area contributed by atoms with Crippen molar-refractivity contribution >= 4 is 0 Å². The quantitative estimate of drug-likeness (QED) is 0.392. The predicted octanol–water partition coefficient (Wildman–Crippen LogP) is 7.58. The summed E-state index contributed by atoms with van der Waals surface area (Å²) in [6.07, 6.45) is 14.5. The van der Waals surface area contributed by atoms with Crippen LogP contribution in [0.25, 0.3) is 0 Å². The summed E-state index contributed by atoms with van der Waals surface area (Å²) in [6.45, 7) is 17.3. The minimum absolute atomic E-state index is 0.0242. The normalized spacial score (nSPS) is 26.6. The molecule has 0 aromatic heterocycles. The molecular formula is C29H38O2. The van der Waals surface area contributed by atoms with E-state index in [9.17, 15) is 10.2 Å². The highest BCUT2D eigenvalue weighted by molar-refractivity contribution is 5.62. The first-order valence-electron chi connectivity index (χ1n) is 11.5. The van der Waals surface area contributed by atoms with Crippen molar-refractivity contribution < 1.29 is 10.2 Å². The summed E-state index contributed by atoms with van der Waals surface area (Å²) in [6, 6.07) is 1.69. The van der Waals surface area contributed by atoms with Gasteiger partial charge in [0.05, 0.1) is 0 Å². The van der Waals surface area contributed by atoms with E-state index in [1.54, 1.807) is 6.07 Å². The first-order chi connectivity index (χ1) is 14.5. The summed E-state index contributed by atoms with van der Waals surface area (Å²) in [5.41, 5.74) is 5.75. The second kappa shape index (κ2) is 8.62. The highest BCUT2D eigenvalue weighted by atomic mass is 16.3. The summed E-state index contributed by atoms with van der Waals surface area (Å²) in [7, 11) is 0. The molecule has 0 heterocycles. The average Bonchev–Trinajstić information content (AvgIpc) is 2.66. The fourth-order valence-electron chi connectivity index (χ4n) is 5.70. The number of allylic oxidation sites excluding steroid dienone is 5. The molecule has 2 aliphatic rings. The van der Waals surface area contributed by atoms with Crippen LogP contribution in [-0.2, 0) is 0 Å². The maximum atomic E-state index is 11.7. The third-order valence-corrected chi connectivity index (χ3v) is 7.42. The van der Waals surface area contributed by atoms with Crippen LogP contribution >= 0.6 is 0 Å². The lowest BCUT2D eigenvalue weighted by molar-refractivity contribution is 0.196. The van der Waals surface area contributed by atoms with Gasteiger partial charge in [0.15, 0.2) is 0 Å². The van der Waals surface area contributed by atoms with Crippen LogP contribution in [0.15, 0.2) is 41.5 Å². The van der Waals surface area contributed by atoms with Crippen LogP contribution in [-0.4, -0.2) is 10.2 Å². The fraction of sp³-hybridized carbons (Fsp3) is 0.517. The minimum atomic E-state index is -0.0985. The summed E-state index contributed by atoms with van der Waals surface area (Å²) in [5, 5.41) is 22.7. The van der Waals surface area contributed by atoms with E-state index >= 15 is 0 Å². The number of rotatable bonds is 3. The number of phenols is 2. The Kier molecular flexibility index (Phi) is 6.47. The van der Waals surface area contributed by atoms with Gasteiger partial charge in [-0.1, -0.05) is 62.1 Å². The van der Waals surface area contributed by atoms with E-state index in [-0.39, 0.29) is 34.7 Å². The molecule has 1 aromatic rings. The average molecular weight is 419 g/mol. The summed E-state index contributed by atoms with van der Waals surface area (Å²) in [5.74, 6) is 3.47. The van der Waals surface area contributed by atoms with Crippen LogP contribution in [0.2, 0.25) is 0 Å². The van der Waals surface area contributed by atoms with Gasteiger partial charge in [0.25, 0.3) is 0 Å². The largest absolute Gasteiger partial charge is 0.507 e. The predicted molar refractivity (Wildman–Crippen MR) is 130 cm³/mol. The fourth-order valence-corrected chi connectivity index (χ4v) is 5.70. The molecule has 0 fully saturated rings. The second-order valence-corrected chi connectivity index (χ2v) is 10.8. The highest BCUT2D eigenvalue weighted by Crippen LogP contribution is 2.53. The Labute approximate surface area is 188 Å². The van der Waals surface area contributed by atoms with Gasteiger partial charge in [-0.25, -0.2) is 0 Å².